The molecule has 1 heterocycles. The fourth-order valence-electron chi connectivity index (χ4n) is 3.16. The van der Waals surface area contributed by atoms with Crippen LogP contribution in [0.25, 0.3) is 0 Å². The zero-order valence-electron chi connectivity index (χ0n) is 12.0. The molecule has 19 heavy (non-hydrogen) atoms. The molecule has 1 atom stereocenters. The van der Waals surface area contributed by atoms with Crippen LogP contribution in [0.4, 0.5) is 4.39 Å². The molecule has 1 fully saturated rings. The van der Waals surface area contributed by atoms with E-state index >= 15 is 0 Å². The highest BCUT2D eigenvalue weighted by Gasteiger charge is 2.25. The van der Waals surface area contributed by atoms with E-state index in [1.807, 2.05) is 13.0 Å². The number of hydrogen-bond donors (Lipinski definition) is 1. The zero-order chi connectivity index (χ0) is 13.8. The summed E-state index contributed by atoms with van der Waals surface area (Å²) in [7, 11) is 0. The van der Waals surface area contributed by atoms with Gasteiger partial charge in [0.2, 0.25) is 0 Å². The molecular weight excluding hydrogens is 239 g/mol. The lowest BCUT2D eigenvalue weighted by Gasteiger charge is -2.37. The van der Waals surface area contributed by atoms with Crippen molar-refractivity contribution in [2.45, 2.75) is 39.2 Å². The largest absolute Gasteiger partial charge is 0.329 e. The third-order valence-corrected chi connectivity index (χ3v) is 4.48. The minimum absolute atomic E-state index is 0.165. The molecular formula is C16H25FN2. The van der Waals surface area contributed by atoms with Gasteiger partial charge in [-0.2, -0.15) is 0 Å². The van der Waals surface area contributed by atoms with Crippen molar-refractivity contribution >= 4 is 0 Å². The van der Waals surface area contributed by atoms with Crippen LogP contribution in [0.3, 0.4) is 0 Å². The van der Waals surface area contributed by atoms with E-state index in [4.69, 9.17) is 5.73 Å². The van der Waals surface area contributed by atoms with Gasteiger partial charge in [-0.25, -0.2) is 4.39 Å². The smallest absolute Gasteiger partial charge is 0.123 e. The number of halogens is 1. The summed E-state index contributed by atoms with van der Waals surface area (Å²) >= 11 is 0. The lowest BCUT2D eigenvalue weighted by Crippen LogP contribution is -2.40. The molecule has 2 rings (SSSR count). The minimum Gasteiger partial charge on any atom is -0.329 e. The molecule has 1 unspecified atom stereocenters. The fourth-order valence-corrected chi connectivity index (χ4v) is 3.16. The van der Waals surface area contributed by atoms with Crippen molar-refractivity contribution in [1.29, 1.82) is 0 Å². The second kappa shape index (κ2) is 6.49. The van der Waals surface area contributed by atoms with Gasteiger partial charge >= 0.3 is 0 Å². The second-order valence-electron chi connectivity index (χ2n) is 5.64. The SMILES string of the molecule is CCC1CCN(C(CN)c2ccc(F)cc2C)CC1. The van der Waals surface area contributed by atoms with Gasteiger partial charge in [-0.15, -0.1) is 0 Å². The van der Waals surface area contributed by atoms with Crippen LogP contribution in [-0.4, -0.2) is 24.5 Å². The molecule has 2 nitrogen and oxygen atoms in total. The molecule has 0 aromatic heterocycles. The molecule has 0 bridgehead atoms. The highest BCUT2D eigenvalue weighted by atomic mass is 19.1. The molecule has 0 amide bonds. The van der Waals surface area contributed by atoms with Crippen molar-refractivity contribution in [3.8, 4) is 0 Å². The van der Waals surface area contributed by atoms with Crippen molar-refractivity contribution in [2.24, 2.45) is 11.7 Å². The van der Waals surface area contributed by atoms with Gasteiger partial charge in [-0.3, -0.25) is 4.90 Å². The average Bonchev–Trinajstić information content (AvgIpc) is 2.42. The number of rotatable bonds is 4. The van der Waals surface area contributed by atoms with Gasteiger partial charge in [0.1, 0.15) is 5.82 Å². The van der Waals surface area contributed by atoms with Crippen LogP contribution in [0.5, 0.6) is 0 Å². The molecule has 1 aromatic rings. The Balaban J connectivity index is 2.12. The van der Waals surface area contributed by atoms with Crippen molar-refractivity contribution in [3.05, 3.63) is 35.1 Å². The summed E-state index contributed by atoms with van der Waals surface area (Å²) in [5, 5.41) is 0. The molecule has 0 radical (unpaired) electrons. The Morgan fingerprint density at radius 1 is 1.37 bits per heavy atom. The van der Waals surface area contributed by atoms with Gasteiger partial charge in [0.15, 0.2) is 0 Å². The highest BCUT2D eigenvalue weighted by Crippen LogP contribution is 2.29. The summed E-state index contributed by atoms with van der Waals surface area (Å²) in [6.45, 7) is 7.06. The van der Waals surface area contributed by atoms with E-state index in [1.54, 1.807) is 12.1 Å². The molecule has 0 saturated carbocycles. The van der Waals surface area contributed by atoms with Crippen LogP contribution in [0, 0.1) is 18.7 Å². The molecule has 106 valence electrons. The van der Waals surface area contributed by atoms with E-state index in [1.165, 1.54) is 24.8 Å². The number of hydrogen-bond acceptors (Lipinski definition) is 2. The monoisotopic (exact) mass is 264 g/mol. The normalized spacial score (nSPS) is 19.6. The van der Waals surface area contributed by atoms with Gasteiger partial charge in [-0.1, -0.05) is 19.4 Å². The van der Waals surface area contributed by atoms with Crippen LogP contribution >= 0.6 is 0 Å². The summed E-state index contributed by atoms with van der Waals surface area (Å²) in [5.41, 5.74) is 8.16. The van der Waals surface area contributed by atoms with Crippen LogP contribution in [-0.2, 0) is 0 Å². The first-order valence-corrected chi connectivity index (χ1v) is 7.35. The maximum absolute atomic E-state index is 13.2. The van der Waals surface area contributed by atoms with Gasteiger partial charge in [-0.05, 0) is 62.0 Å². The van der Waals surface area contributed by atoms with Crippen molar-refractivity contribution in [3.63, 3.8) is 0 Å². The number of likely N-dealkylation sites (tertiary alicyclic amines) is 1. The minimum atomic E-state index is -0.165. The molecule has 0 aliphatic carbocycles. The van der Waals surface area contributed by atoms with E-state index in [0.717, 1.165) is 24.6 Å². The van der Waals surface area contributed by atoms with E-state index in [0.29, 0.717) is 6.54 Å². The van der Waals surface area contributed by atoms with Crippen molar-refractivity contribution < 1.29 is 4.39 Å². The topological polar surface area (TPSA) is 29.3 Å². The Morgan fingerprint density at radius 3 is 2.58 bits per heavy atom. The first-order valence-electron chi connectivity index (χ1n) is 7.35. The Bertz CT molecular complexity index is 411. The zero-order valence-corrected chi connectivity index (χ0v) is 12.0. The lowest BCUT2D eigenvalue weighted by atomic mass is 9.91. The predicted molar refractivity (Wildman–Crippen MR) is 77.5 cm³/mol. The van der Waals surface area contributed by atoms with E-state index in [2.05, 4.69) is 11.8 Å². The fraction of sp³-hybridized carbons (Fsp3) is 0.625. The third kappa shape index (κ3) is 3.34. The molecule has 0 spiro atoms. The number of benzene rings is 1. The Morgan fingerprint density at radius 2 is 2.05 bits per heavy atom. The van der Waals surface area contributed by atoms with Gasteiger partial charge in [0.05, 0.1) is 0 Å². The van der Waals surface area contributed by atoms with Crippen LogP contribution in [0.15, 0.2) is 18.2 Å². The standard InChI is InChI=1S/C16H25FN2/c1-3-13-6-8-19(9-7-13)16(11-18)15-5-4-14(17)10-12(15)2/h4-5,10,13,16H,3,6-9,11,18H2,1-2H3. The molecule has 2 N–H and O–H groups in total. The number of nitrogens with two attached hydrogens (primary N) is 1. The Kier molecular flexibility index (Phi) is 4.94. The van der Waals surface area contributed by atoms with Crippen LogP contribution in [0.2, 0.25) is 0 Å². The second-order valence-corrected chi connectivity index (χ2v) is 5.64. The Hall–Kier alpha value is -0.930. The molecule has 3 heteroatoms. The third-order valence-electron chi connectivity index (χ3n) is 4.48. The first-order chi connectivity index (χ1) is 9.15. The van der Waals surface area contributed by atoms with E-state index < -0.39 is 0 Å². The summed E-state index contributed by atoms with van der Waals surface area (Å²) in [5.74, 6) is 0.700. The summed E-state index contributed by atoms with van der Waals surface area (Å²) in [4.78, 5) is 2.46. The van der Waals surface area contributed by atoms with Crippen molar-refractivity contribution in [2.75, 3.05) is 19.6 Å². The summed E-state index contributed by atoms with van der Waals surface area (Å²) < 4.78 is 13.2. The van der Waals surface area contributed by atoms with Crippen LogP contribution < -0.4 is 5.73 Å². The first kappa shape index (κ1) is 14.5. The van der Waals surface area contributed by atoms with Crippen molar-refractivity contribution in [1.82, 2.24) is 4.90 Å². The molecule has 1 aliphatic rings. The predicted octanol–water partition coefficient (Wildman–Crippen LogP) is 3.26. The van der Waals surface area contributed by atoms with Gasteiger partial charge in [0, 0.05) is 12.6 Å². The number of piperidine rings is 1. The summed E-state index contributed by atoms with van der Waals surface area (Å²) in [6.07, 6.45) is 3.79. The van der Waals surface area contributed by atoms with Crippen LogP contribution in [0.1, 0.15) is 43.4 Å². The van der Waals surface area contributed by atoms with E-state index in [-0.39, 0.29) is 11.9 Å². The quantitative estimate of drug-likeness (QED) is 0.904. The average molecular weight is 264 g/mol. The van der Waals surface area contributed by atoms with E-state index in [9.17, 15) is 4.39 Å². The molecule has 1 aliphatic heterocycles. The number of nitrogens with zero attached hydrogens (tertiary/aromatic N) is 1. The molecule has 1 aromatic carbocycles. The summed E-state index contributed by atoms with van der Waals surface area (Å²) in [6, 6.07) is 5.28. The van der Waals surface area contributed by atoms with Gasteiger partial charge in [0.25, 0.3) is 0 Å². The Labute approximate surface area is 115 Å². The molecule has 1 saturated heterocycles. The van der Waals surface area contributed by atoms with Gasteiger partial charge < -0.3 is 5.73 Å². The highest BCUT2D eigenvalue weighted by molar-refractivity contribution is 5.30. The maximum atomic E-state index is 13.2. The lowest BCUT2D eigenvalue weighted by molar-refractivity contribution is 0.133. The maximum Gasteiger partial charge on any atom is 0.123 e. The number of aryl methyl sites for hydroxylation is 1.